The van der Waals surface area contributed by atoms with Crippen LogP contribution in [-0.4, -0.2) is 51.0 Å². The smallest absolute Gasteiger partial charge is 0.379 e. The molecule has 0 aliphatic carbocycles. The number of halogens is 3. The first-order valence-corrected chi connectivity index (χ1v) is 11.0. The highest BCUT2D eigenvalue weighted by Gasteiger charge is 2.35. The predicted molar refractivity (Wildman–Crippen MR) is 102 cm³/mol. The molecule has 1 amide bonds. The van der Waals surface area contributed by atoms with Crippen LogP contribution in [0.15, 0.2) is 29.2 Å². The number of benzene rings is 1. The highest BCUT2D eigenvalue weighted by atomic mass is 32.2. The third kappa shape index (κ3) is 6.68. The molecule has 0 saturated carbocycles. The molecule has 2 rings (SSSR count). The quantitative estimate of drug-likeness (QED) is 0.636. The maximum absolute atomic E-state index is 12.9. The Hall–Kier alpha value is -1.65. The Morgan fingerprint density at radius 1 is 1.28 bits per heavy atom. The lowest BCUT2D eigenvalue weighted by molar-refractivity contribution is -0.137. The standard InChI is InChI=1S/C19H27F3N2O4S/c1-14(2)28-12-4-9-23-18(25)15-7-10-24(11-8-15)29(26,27)17-6-3-5-16(13-17)19(20,21)22/h3,5-6,13-15H,4,7-12H2,1-2H3,(H,23,25). The SMILES string of the molecule is CC(C)OCCCNC(=O)C1CCN(S(=O)(=O)c2cccc(C(F)(F)F)c2)CC1. The summed E-state index contributed by atoms with van der Waals surface area (Å²) in [4.78, 5) is 11.8. The lowest BCUT2D eigenvalue weighted by Gasteiger charge is -2.30. The molecule has 1 aromatic carbocycles. The van der Waals surface area contributed by atoms with Crippen LogP contribution in [-0.2, 0) is 25.7 Å². The summed E-state index contributed by atoms with van der Waals surface area (Å²) < 4.78 is 70.5. The van der Waals surface area contributed by atoms with Crippen molar-refractivity contribution < 1.29 is 31.1 Å². The van der Waals surface area contributed by atoms with Crippen molar-refractivity contribution in [1.29, 1.82) is 0 Å². The van der Waals surface area contributed by atoms with Gasteiger partial charge < -0.3 is 10.1 Å². The minimum Gasteiger partial charge on any atom is -0.379 e. The largest absolute Gasteiger partial charge is 0.416 e. The molecule has 1 heterocycles. The molecule has 1 saturated heterocycles. The fourth-order valence-electron chi connectivity index (χ4n) is 3.09. The van der Waals surface area contributed by atoms with Gasteiger partial charge in [0.15, 0.2) is 0 Å². The van der Waals surface area contributed by atoms with E-state index in [0.717, 1.165) is 22.5 Å². The van der Waals surface area contributed by atoms with Crippen LogP contribution in [0.1, 0.15) is 38.7 Å². The first-order chi connectivity index (χ1) is 13.5. The van der Waals surface area contributed by atoms with E-state index in [1.807, 2.05) is 13.8 Å². The summed E-state index contributed by atoms with van der Waals surface area (Å²) in [6.45, 7) is 5.07. The van der Waals surface area contributed by atoms with Crippen LogP contribution >= 0.6 is 0 Å². The number of amides is 1. The van der Waals surface area contributed by atoms with Crippen molar-refractivity contribution in [3.8, 4) is 0 Å². The lowest BCUT2D eigenvalue weighted by Crippen LogP contribution is -2.43. The van der Waals surface area contributed by atoms with Crippen molar-refractivity contribution in [2.75, 3.05) is 26.2 Å². The van der Waals surface area contributed by atoms with Gasteiger partial charge in [-0.2, -0.15) is 17.5 Å². The lowest BCUT2D eigenvalue weighted by atomic mass is 9.97. The molecule has 0 spiro atoms. The van der Waals surface area contributed by atoms with Crippen LogP contribution < -0.4 is 5.32 Å². The number of ether oxygens (including phenoxy) is 1. The normalized spacial score (nSPS) is 16.9. The van der Waals surface area contributed by atoms with Crippen LogP contribution in [0.5, 0.6) is 0 Å². The average molecular weight is 436 g/mol. The van der Waals surface area contributed by atoms with E-state index in [1.165, 1.54) is 0 Å². The molecule has 0 aromatic heterocycles. The van der Waals surface area contributed by atoms with E-state index in [0.29, 0.717) is 38.5 Å². The van der Waals surface area contributed by atoms with E-state index in [-0.39, 0.29) is 35.9 Å². The Morgan fingerprint density at radius 3 is 2.52 bits per heavy atom. The number of piperidine rings is 1. The van der Waals surface area contributed by atoms with Crippen LogP contribution in [0.3, 0.4) is 0 Å². The molecule has 1 fully saturated rings. The van der Waals surface area contributed by atoms with Gasteiger partial charge >= 0.3 is 6.18 Å². The Labute approximate surface area is 169 Å². The Balaban J connectivity index is 1.89. The summed E-state index contributed by atoms with van der Waals surface area (Å²) >= 11 is 0. The van der Waals surface area contributed by atoms with E-state index in [9.17, 15) is 26.4 Å². The van der Waals surface area contributed by atoms with Gasteiger partial charge in [0.25, 0.3) is 0 Å². The van der Waals surface area contributed by atoms with Crippen molar-refractivity contribution in [2.24, 2.45) is 5.92 Å². The topological polar surface area (TPSA) is 75.7 Å². The second-order valence-electron chi connectivity index (χ2n) is 7.27. The van der Waals surface area contributed by atoms with Crippen LogP contribution in [0.2, 0.25) is 0 Å². The van der Waals surface area contributed by atoms with Gasteiger partial charge in [0.2, 0.25) is 15.9 Å². The van der Waals surface area contributed by atoms with Crippen molar-refractivity contribution in [1.82, 2.24) is 9.62 Å². The van der Waals surface area contributed by atoms with Crippen LogP contribution in [0, 0.1) is 5.92 Å². The third-order valence-corrected chi connectivity index (χ3v) is 6.59. The van der Waals surface area contributed by atoms with Gasteiger partial charge in [-0.15, -0.1) is 0 Å². The zero-order valence-electron chi connectivity index (χ0n) is 16.5. The number of nitrogens with zero attached hydrogens (tertiary/aromatic N) is 1. The number of carbonyl (C=O) groups excluding carboxylic acids is 1. The van der Waals surface area contributed by atoms with Gasteiger partial charge in [-0.1, -0.05) is 6.07 Å². The highest BCUT2D eigenvalue weighted by Crippen LogP contribution is 2.32. The number of alkyl halides is 3. The van der Waals surface area contributed by atoms with Gasteiger partial charge in [0.05, 0.1) is 16.6 Å². The number of nitrogens with one attached hydrogen (secondary N) is 1. The van der Waals surface area contributed by atoms with Crippen molar-refractivity contribution >= 4 is 15.9 Å². The summed E-state index contributed by atoms with van der Waals surface area (Å²) in [5.41, 5.74) is -1.01. The first-order valence-electron chi connectivity index (χ1n) is 9.58. The van der Waals surface area contributed by atoms with E-state index >= 15 is 0 Å². The zero-order chi connectivity index (χ0) is 21.7. The van der Waals surface area contributed by atoms with E-state index in [4.69, 9.17) is 4.74 Å². The minimum atomic E-state index is -4.61. The summed E-state index contributed by atoms with van der Waals surface area (Å²) in [6.07, 6.45) is -3.14. The number of hydrogen-bond acceptors (Lipinski definition) is 4. The molecule has 164 valence electrons. The van der Waals surface area contributed by atoms with Crippen LogP contribution in [0.25, 0.3) is 0 Å². The number of rotatable bonds is 8. The minimum absolute atomic E-state index is 0.0904. The molecule has 0 bridgehead atoms. The molecule has 0 atom stereocenters. The highest BCUT2D eigenvalue weighted by molar-refractivity contribution is 7.89. The maximum Gasteiger partial charge on any atom is 0.416 e. The van der Waals surface area contributed by atoms with E-state index < -0.39 is 21.8 Å². The van der Waals surface area contributed by atoms with Crippen molar-refractivity contribution in [3.63, 3.8) is 0 Å². The number of sulfonamides is 1. The second kappa shape index (κ2) is 9.90. The predicted octanol–water partition coefficient (Wildman–Crippen LogP) is 3.04. The molecule has 1 aromatic rings. The van der Waals surface area contributed by atoms with Crippen molar-refractivity contribution in [2.45, 2.75) is 50.3 Å². The van der Waals surface area contributed by atoms with Gasteiger partial charge in [-0.05, 0) is 51.3 Å². The molecule has 1 aliphatic heterocycles. The molecule has 1 N–H and O–H groups in total. The number of carbonyl (C=O) groups is 1. The Kier molecular flexibility index (Phi) is 8.07. The van der Waals surface area contributed by atoms with Crippen LogP contribution in [0.4, 0.5) is 13.2 Å². The fraction of sp³-hybridized carbons (Fsp3) is 0.632. The summed E-state index contributed by atoms with van der Waals surface area (Å²) in [6, 6.07) is 3.72. The maximum atomic E-state index is 12.9. The molecule has 0 unspecified atom stereocenters. The molecular weight excluding hydrogens is 409 g/mol. The molecule has 0 radical (unpaired) electrons. The summed E-state index contributed by atoms with van der Waals surface area (Å²) in [7, 11) is -4.04. The first kappa shape index (κ1) is 23.6. The summed E-state index contributed by atoms with van der Waals surface area (Å²) in [5.74, 6) is -0.445. The monoisotopic (exact) mass is 436 g/mol. The molecule has 6 nitrogen and oxygen atoms in total. The van der Waals surface area contributed by atoms with Gasteiger partial charge in [0, 0.05) is 32.2 Å². The Morgan fingerprint density at radius 2 is 1.93 bits per heavy atom. The zero-order valence-corrected chi connectivity index (χ0v) is 17.4. The van der Waals surface area contributed by atoms with Gasteiger partial charge in [-0.25, -0.2) is 8.42 Å². The van der Waals surface area contributed by atoms with E-state index in [2.05, 4.69) is 5.32 Å². The average Bonchev–Trinajstić information content (AvgIpc) is 2.67. The third-order valence-electron chi connectivity index (χ3n) is 4.70. The molecule has 10 heteroatoms. The van der Waals surface area contributed by atoms with E-state index in [1.54, 1.807) is 0 Å². The Bertz CT molecular complexity index is 789. The second-order valence-corrected chi connectivity index (χ2v) is 9.21. The van der Waals surface area contributed by atoms with Crippen molar-refractivity contribution in [3.05, 3.63) is 29.8 Å². The van der Waals surface area contributed by atoms with Gasteiger partial charge in [0.1, 0.15) is 0 Å². The number of hydrogen-bond donors (Lipinski definition) is 1. The fourth-order valence-corrected chi connectivity index (χ4v) is 4.60. The molecule has 1 aliphatic rings. The molecular formula is C19H27F3N2O4S. The molecule has 29 heavy (non-hydrogen) atoms. The summed E-state index contributed by atoms with van der Waals surface area (Å²) in [5, 5.41) is 2.82. The van der Waals surface area contributed by atoms with Gasteiger partial charge in [-0.3, -0.25) is 4.79 Å².